The Hall–Kier alpha value is -4.16. The first-order valence-electron chi connectivity index (χ1n) is 18.4. The number of ether oxygens (including phenoxy) is 1. The van der Waals surface area contributed by atoms with Crippen LogP contribution in [-0.4, -0.2) is 126 Å². The number of hydrogen-bond donors (Lipinski definition) is 3. The van der Waals surface area contributed by atoms with Crippen LogP contribution in [0.15, 0.2) is 54.6 Å². The van der Waals surface area contributed by atoms with Crippen LogP contribution in [0.3, 0.4) is 0 Å². The van der Waals surface area contributed by atoms with E-state index in [1.54, 1.807) is 23.1 Å². The van der Waals surface area contributed by atoms with Crippen LogP contribution in [0.4, 0.5) is 0 Å². The van der Waals surface area contributed by atoms with Gasteiger partial charge in [0.1, 0.15) is 11.5 Å². The van der Waals surface area contributed by atoms with E-state index in [1.165, 1.54) is 0 Å². The molecule has 5 aliphatic heterocycles. The predicted octanol–water partition coefficient (Wildman–Crippen LogP) is 2.22. The van der Waals surface area contributed by atoms with Crippen LogP contribution < -0.4 is 15.4 Å². The van der Waals surface area contributed by atoms with Gasteiger partial charge in [0.25, 0.3) is 5.91 Å². The Balaban J connectivity index is 1.12. The molecule has 0 radical (unpaired) electrons. The number of aromatic hydroxyl groups is 1. The molecule has 50 heavy (non-hydrogen) atoms. The highest BCUT2D eigenvalue weighted by Crippen LogP contribution is 2.33. The number of benzene rings is 2. The second kappa shape index (κ2) is 17.2. The largest absolute Gasteiger partial charge is 0.508 e. The Morgan fingerprint density at radius 2 is 1.68 bits per heavy atom. The molecule has 5 saturated heterocycles. The van der Waals surface area contributed by atoms with E-state index in [0.717, 1.165) is 57.3 Å². The highest BCUT2D eigenvalue weighted by Gasteiger charge is 2.40. The van der Waals surface area contributed by atoms with E-state index in [2.05, 4.69) is 20.4 Å². The van der Waals surface area contributed by atoms with Crippen molar-refractivity contribution in [3.63, 3.8) is 0 Å². The van der Waals surface area contributed by atoms with Crippen LogP contribution in [-0.2, 0) is 25.7 Å². The minimum Gasteiger partial charge on any atom is -0.508 e. The Bertz CT molecular complexity index is 1470. The van der Waals surface area contributed by atoms with Crippen molar-refractivity contribution in [1.29, 1.82) is 0 Å². The van der Waals surface area contributed by atoms with Crippen molar-refractivity contribution in [2.75, 3.05) is 65.5 Å². The van der Waals surface area contributed by atoms with Gasteiger partial charge in [0.05, 0.1) is 12.6 Å². The number of nitrogens with one attached hydrogen (secondary N) is 2. The van der Waals surface area contributed by atoms with Gasteiger partial charge in [-0.2, -0.15) is 0 Å². The summed E-state index contributed by atoms with van der Waals surface area (Å²) in [6.07, 6.45) is 5.40. The normalized spacial score (nSPS) is 25.8. The maximum atomic E-state index is 14.1. The van der Waals surface area contributed by atoms with Gasteiger partial charge in [0.2, 0.25) is 17.7 Å². The maximum absolute atomic E-state index is 14.1. The summed E-state index contributed by atoms with van der Waals surface area (Å²) in [5, 5.41) is 16.3. The lowest BCUT2D eigenvalue weighted by Crippen LogP contribution is -2.55. The topological polar surface area (TPSA) is 135 Å². The molecule has 2 bridgehead atoms. The van der Waals surface area contributed by atoms with Crippen molar-refractivity contribution in [2.45, 2.75) is 63.6 Å². The summed E-state index contributed by atoms with van der Waals surface area (Å²) in [6.45, 7) is 5.11. The van der Waals surface area contributed by atoms with Crippen molar-refractivity contribution >= 4 is 23.6 Å². The molecule has 2 aromatic rings. The molecule has 5 fully saturated rings. The number of rotatable bonds is 8. The van der Waals surface area contributed by atoms with E-state index < -0.39 is 0 Å². The third kappa shape index (κ3) is 9.33. The summed E-state index contributed by atoms with van der Waals surface area (Å²) in [5.74, 6) is 0.901. The van der Waals surface area contributed by atoms with Crippen LogP contribution in [0.1, 0.15) is 50.5 Å². The number of phenols is 1. The standard InChI is InChI=1S/C38H52N6O6/c45-34-11-5-4-7-30(34)25-41-19-13-28-23-37(48)42-20-14-31(15-21-42)44-18-6-10-33(44)38(49)43(26-35(46)39-16-12-29(28)24-41)22-17-40-36(47)27-50-32-8-2-1-3-9-32/h1-5,7-9,11,28-29,31,33,45H,6,10,12-27H2,(H,39,46)(H,40,47)/t28-,29-,33-/m0/s1. The SMILES string of the molecule is O=C(COc1ccccc1)NCCN1CC(=O)NCC[C@H]2CN(Cc3ccccc3O)CC[C@H]2CC(=O)N2CCC(CC2)N2CCC[C@H]2C1=O. The average molecular weight is 689 g/mol. The third-order valence-electron chi connectivity index (χ3n) is 11.0. The molecule has 12 nitrogen and oxygen atoms in total. The van der Waals surface area contributed by atoms with Crippen LogP contribution in [0.2, 0.25) is 0 Å². The van der Waals surface area contributed by atoms with E-state index in [9.17, 15) is 24.3 Å². The number of amides is 4. The average Bonchev–Trinajstić information content (AvgIpc) is 3.62. The number of carbonyl (C=O) groups is 4. The molecule has 3 N–H and O–H groups in total. The molecule has 0 aliphatic carbocycles. The van der Waals surface area contributed by atoms with E-state index in [4.69, 9.17) is 4.74 Å². The minimum atomic E-state index is -0.319. The third-order valence-corrected chi connectivity index (χ3v) is 11.0. The van der Waals surface area contributed by atoms with Gasteiger partial charge >= 0.3 is 0 Å². The van der Waals surface area contributed by atoms with Crippen LogP contribution in [0, 0.1) is 11.8 Å². The van der Waals surface area contributed by atoms with Gasteiger partial charge in [-0.05, 0) is 81.6 Å². The molecule has 270 valence electrons. The first kappa shape index (κ1) is 35.7. The van der Waals surface area contributed by atoms with E-state index in [-0.39, 0.29) is 79.5 Å². The van der Waals surface area contributed by atoms with Crippen molar-refractivity contribution in [3.8, 4) is 11.5 Å². The Morgan fingerprint density at radius 1 is 0.900 bits per heavy atom. The lowest BCUT2D eigenvalue weighted by Gasteiger charge is -2.41. The number of carbonyl (C=O) groups excluding carboxylic acids is 4. The monoisotopic (exact) mass is 688 g/mol. The van der Waals surface area contributed by atoms with Gasteiger partial charge in [-0.25, -0.2) is 0 Å². The predicted molar refractivity (Wildman–Crippen MR) is 188 cm³/mol. The van der Waals surface area contributed by atoms with Crippen molar-refractivity contribution in [2.24, 2.45) is 11.8 Å². The summed E-state index contributed by atoms with van der Waals surface area (Å²) in [4.78, 5) is 61.9. The molecule has 0 spiro atoms. The summed E-state index contributed by atoms with van der Waals surface area (Å²) >= 11 is 0. The number of nitrogens with zero attached hydrogens (tertiary/aromatic N) is 4. The number of para-hydroxylation sites is 2. The van der Waals surface area contributed by atoms with Gasteiger partial charge in [-0.1, -0.05) is 36.4 Å². The highest BCUT2D eigenvalue weighted by molar-refractivity contribution is 5.88. The smallest absolute Gasteiger partial charge is 0.258 e. The molecule has 5 aliphatic rings. The van der Waals surface area contributed by atoms with Crippen molar-refractivity contribution in [3.05, 3.63) is 60.2 Å². The first-order valence-corrected chi connectivity index (χ1v) is 18.4. The Morgan fingerprint density at radius 3 is 2.48 bits per heavy atom. The zero-order valence-electron chi connectivity index (χ0n) is 29.0. The minimum absolute atomic E-state index is 0.0794. The fourth-order valence-corrected chi connectivity index (χ4v) is 8.22. The molecule has 0 saturated carbocycles. The molecular formula is C38H52N6O6. The molecule has 5 heterocycles. The number of hydrogen-bond acceptors (Lipinski definition) is 8. The lowest BCUT2D eigenvalue weighted by molar-refractivity contribution is -0.141. The molecule has 12 heteroatoms. The van der Waals surface area contributed by atoms with Crippen LogP contribution in [0.25, 0.3) is 0 Å². The molecule has 0 aromatic heterocycles. The van der Waals surface area contributed by atoms with E-state index in [0.29, 0.717) is 44.8 Å². The number of piperidine rings is 2. The van der Waals surface area contributed by atoms with Gasteiger partial charge in [0.15, 0.2) is 6.61 Å². The number of likely N-dealkylation sites (tertiary alicyclic amines) is 1. The van der Waals surface area contributed by atoms with Gasteiger partial charge in [-0.15, -0.1) is 0 Å². The maximum Gasteiger partial charge on any atom is 0.258 e. The molecule has 2 aromatic carbocycles. The first-order chi connectivity index (χ1) is 24.3. The van der Waals surface area contributed by atoms with Gasteiger partial charge in [0, 0.05) is 63.8 Å². The second-order valence-electron chi connectivity index (χ2n) is 14.2. The lowest BCUT2D eigenvalue weighted by atomic mass is 9.80. The van der Waals surface area contributed by atoms with Crippen LogP contribution in [0.5, 0.6) is 11.5 Å². The molecule has 4 amide bonds. The van der Waals surface area contributed by atoms with Gasteiger partial charge < -0.3 is 30.3 Å². The number of phenolic OH excluding ortho intramolecular Hbond substituents is 1. The fourth-order valence-electron chi connectivity index (χ4n) is 8.22. The quantitative estimate of drug-likeness (QED) is 0.385. The zero-order chi connectivity index (χ0) is 34.9. The second-order valence-corrected chi connectivity index (χ2v) is 14.2. The van der Waals surface area contributed by atoms with E-state index in [1.807, 2.05) is 41.3 Å². The van der Waals surface area contributed by atoms with Crippen LogP contribution >= 0.6 is 0 Å². The fraction of sp³-hybridized carbons (Fsp3) is 0.579. The summed E-state index contributed by atoms with van der Waals surface area (Å²) < 4.78 is 5.56. The summed E-state index contributed by atoms with van der Waals surface area (Å²) in [5.41, 5.74) is 0.882. The van der Waals surface area contributed by atoms with Gasteiger partial charge in [-0.3, -0.25) is 29.0 Å². The molecule has 0 unspecified atom stereocenters. The molecule has 7 rings (SSSR count). The molecular weight excluding hydrogens is 636 g/mol. The summed E-state index contributed by atoms with van der Waals surface area (Å²) in [7, 11) is 0. The van der Waals surface area contributed by atoms with E-state index >= 15 is 0 Å². The Kier molecular flexibility index (Phi) is 12.2. The number of fused-ring (bicyclic) bond motifs is 9. The molecule has 3 atom stereocenters. The summed E-state index contributed by atoms with van der Waals surface area (Å²) in [6, 6.07) is 16.4. The highest BCUT2D eigenvalue weighted by atomic mass is 16.5. The van der Waals surface area contributed by atoms with Crippen molar-refractivity contribution in [1.82, 2.24) is 30.2 Å². The zero-order valence-corrected chi connectivity index (χ0v) is 29.0. The Labute approximate surface area is 295 Å². The van der Waals surface area contributed by atoms with Crippen molar-refractivity contribution < 1.29 is 29.0 Å².